The van der Waals surface area contributed by atoms with Crippen molar-refractivity contribution in [1.82, 2.24) is 0 Å². The Balaban J connectivity index is 0.00000196. The van der Waals surface area contributed by atoms with Crippen LogP contribution in [0.15, 0.2) is 47.3 Å². The number of hydrogen-bond donors (Lipinski definition) is 0. The van der Waals surface area contributed by atoms with Crippen LogP contribution in [0, 0.1) is 0 Å². The summed E-state index contributed by atoms with van der Waals surface area (Å²) in [7, 11) is 0. The van der Waals surface area contributed by atoms with Gasteiger partial charge in [0.1, 0.15) is 0 Å². The molecule has 0 aliphatic carbocycles. The van der Waals surface area contributed by atoms with Gasteiger partial charge in [-0.1, -0.05) is 18.2 Å². The summed E-state index contributed by atoms with van der Waals surface area (Å²) in [6.07, 6.45) is 0. The van der Waals surface area contributed by atoms with Gasteiger partial charge in [-0.15, -0.1) is 23.8 Å². The molecule has 0 N–H and O–H groups in total. The molecule has 0 bridgehead atoms. The molecule has 1 aromatic carbocycles. The van der Waals surface area contributed by atoms with Crippen LogP contribution >= 0.6 is 11.8 Å². The van der Waals surface area contributed by atoms with Gasteiger partial charge in [-0.3, -0.25) is 0 Å². The molecular weight excluding hydrogens is 247 g/mol. The molecule has 0 aliphatic heterocycles. The van der Waals surface area contributed by atoms with Crippen LogP contribution in [-0.2, 0) is 0 Å². The maximum Gasteiger partial charge on any atom is 1.00 e. The van der Waals surface area contributed by atoms with Gasteiger partial charge in [0.2, 0.25) is 0 Å². The number of rotatable bonds is 4. The van der Waals surface area contributed by atoms with Gasteiger partial charge in [-0.05, 0) is 17.9 Å². The van der Waals surface area contributed by atoms with Crippen LogP contribution in [0.1, 0.15) is 0 Å². The molecular formula is C9H9BF3KS. The predicted molar refractivity (Wildman–Crippen MR) is 55.4 cm³/mol. The monoisotopic (exact) mass is 256 g/mol. The van der Waals surface area contributed by atoms with Crippen molar-refractivity contribution in [3.8, 4) is 0 Å². The fourth-order valence-electron chi connectivity index (χ4n) is 0.787. The normalized spacial score (nSPS) is 10.6. The summed E-state index contributed by atoms with van der Waals surface area (Å²) in [5, 5.41) is 0. The third-order valence-electron chi connectivity index (χ3n) is 1.63. The van der Waals surface area contributed by atoms with Gasteiger partial charge in [0.25, 0.3) is 0 Å². The molecule has 0 radical (unpaired) electrons. The summed E-state index contributed by atoms with van der Waals surface area (Å²) in [4.78, 5) is 0.828. The minimum Gasteiger partial charge on any atom is -0.445 e. The van der Waals surface area contributed by atoms with E-state index in [2.05, 4.69) is 6.58 Å². The van der Waals surface area contributed by atoms with Gasteiger partial charge < -0.3 is 12.9 Å². The molecule has 0 atom stereocenters. The number of halogens is 3. The molecule has 0 aromatic heterocycles. The zero-order valence-corrected chi connectivity index (χ0v) is 12.4. The van der Waals surface area contributed by atoms with E-state index in [0.717, 1.165) is 16.7 Å². The predicted octanol–water partition coefficient (Wildman–Crippen LogP) is 0.725. The molecule has 0 saturated heterocycles. The van der Waals surface area contributed by atoms with Crippen molar-refractivity contribution in [3.63, 3.8) is 0 Å². The van der Waals surface area contributed by atoms with E-state index in [-0.39, 0.29) is 57.1 Å². The molecule has 0 aliphatic rings. The second-order valence-corrected chi connectivity index (χ2v) is 3.88. The SMILES string of the molecule is C=C(CSc1ccccc1)[B-](F)(F)F.[K+]. The van der Waals surface area contributed by atoms with E-state index >= 15 is 0 Å². The van der Waals surface area contributed by atoms with Crippen molar-refractivity contribution in [3.05, 3.63) is 42.4 Å². The quantitative estimate of drug-likeness (QED) is 0.565. The minimum absolute atomic E-state index is 0. The molecule has 0 spiro atoms. The fourth-order valence-corrected chi connectivity index (χ4v) is 1.68. The van der Waals surface area contributed by atoms with Gasteiger partial charge >= 0.3 is 58.4 Å². The molecule has 0 nitrogen and oxygen atoms in total. The van der Waals surface area contributed by atoms with Crippen molar-refractivity contribution in [2.45, 2.75) is 4.90 Å². The third kappa shape index (κ3) is 6.19. The largest absolute Gasteiger partial charge is 1.00 e. The van der Waals surface area contributed by atoms with Gasteiger partial charge in [0, 0.05) is 4.90 Å². The van der Waals surface area contributed by atoms with Crippen LogP contribution in [0.5, 0.6) is 0 Å². The maximum absolute atomic E-state index is 12.1. The van der Waals surface area contributed by atoms with Crippen molar-refractivity contribution >= 4 is 18.7 Å². The van der Waals surface area contributed by atoms with Crippen LogP contribution in [-0.4, -0.2) is 12.7 Å². The maximum atomic E-state index is 12.1. The second kappa shape index (κ2) is 7.19. The Labute approximate surface area is 134 Å². The molecule has 0 amide bonds. The summed E-state index contributed by atoms with van der Waals surface area (Å²) in [6, 6.07) is 8.98. The molecule has 0 heterocycles. The zero-order valence-electron chi connectivity index (χ0n) is 8.42. The van der Waals surface area contributed by atoms with Gasteiger partial charge in [-0.2, -0.15) is 0 Å². The van der Waals surface area contributed by atoms with E-state index in [1.165, 1.54) is 0 Å². The first kappa shape index (κ1) is 15.8. The molecule has 0 saturated carbocycles. The molecule has 6 heteroatoms. The molecule has 76 valence electrons. The number of thioether (sulfide) groups is 1. The minimum atomic E-state index is -4.89. The first-order valence-electron chi connectivity index (χ1n) is 4.05. The molecule has 1 aromatic rings. The van der Waals surface area contributed by atoms with Crippen LogP contribution in [0.3, 0.4) is 0 Å². The van der Waals surface area contributed by atoms with Crippen LogP contribution in [0.4, 0.5) is 12.9 Å². The van der Waals surface area contributed by atoms with E-state index in [1.807, 2.05) is 6.07 Å². The molecule has 0 fully saturated rings. The van der Waals surface area contributed by atoms with E-state index < -0.39 is 12.4 Å². The van der Waals surface area contributed by atoms with E-state index in [9.17, 15) is 12.9 Å². The summed E-state index contributed by atoms with van der Waals surface area (Å²) in [5.74, 6) is -0.0898. The molecule has 15 heavy (non-hydrogen) atoms. The van der Waals surface area contributed by atoms with Gasteiger partial charge in [0.05, 0.1) is 0 Å². The first-order chi connectivity index (χ1) is 6.50. The summed E-state index contributed by atoms with van der Waals surface area (Å²) >= 11 is 1.15. The van der Waals surface area contributed by atoms with Crippen molar-refractivity contribution in [1.29, 1.82) is 0 Å². The van der Waals surface area contributed by atoms with Crippen molar-refractivity contribution in [2.75, 3.05) is 5.75 Å². The fraction of sp³-hybridized carbons (Fsp3) is 0.111. The number of hydrogen-bond acceptors (Lipinski definition) is 1. The first-order valence-corrected chi connectivity index (χ1v) is 5.04. The Bertz CT molecular complexity index is 313. The van der Waals surface area contributed by atoms with E-state index in [0.29, 0.717) is 0 Å². The summed E-state index contributed by atoms with van der Waals surface area (Å²) < 4.78 is 36.3. The van der Waals surface area contributed by atoms with Gasteiger partial charge in [-0.25, -0.2) is 0 Å². The molecule has 1 rings (SSSR count). The number of benzene rings is 1. The second-order valence-electron chi connectivity index (χ2n) is 2.83. The third-order valence-corrected chi connectivity index (χ3v) is 2.75. The van der Waals surface area contributed by atoms with Crippen LogP contribution in [0.2, 0.25) is 0 Å². The smallest absolute Gasteiger partial charge is 0.445 e. The molecule has 0 unspecified atom stereocenters. The van der Waals surface area contributed by atoms with Crippen LogP contribution in [0.25, 0.3) is 0 Å². The average molecular weight is 256 g/mol. The Morgan fingerprint density at radius 3 is 2.20 bits per heavy atom. The summed E-state index contributed by atoms with van der Waals surface area (Å²) in [6.45, 7) is -1.86. The van der Waals surface area contributed by atoms with Gasteiger partial charge in [0.15, 0.2) is 0 Å². The summed E-state index contributed by atoms with van der Waals surface area (Å²) in [5.41, 5.74) is -0.640. The Morgan fingerprint density at radius 2 is 1.73 bits per heavy atom. The Morgan fingerprint density at radius 1 is 1.20 bits per heavy atom. The topological polar surface area (TPSA) is 0 Å². The van der Waals surface area contributed by atoms with Crippen molar-refractivity contribution in [2.24, 2.45) is 0 Å². The standard InChI is InChI=1S/C9H9BF3S.K/c1-8(10(11,12)13)7-14-9-5-3-2-4-6-9;/h2-6H,1,7H2;/q-1;+1. The van der Waals surface area contributed by atoms with Crippen molar-refractivity contribution < 1.29 is 64.3 Å². The Kier molecular flexibility index (Phi) is 7.57. The average Bonchev–Trinajstić information content (AvgIpc) is 2.14. The van der Waals surface area contributed by atoms with Crippen LogP contribution < -0.4 is 51.4 Å². The van der Waals surface area contributed by atoms with E-state index in [4.69, 9.17) is 0 Å². The zero-order chi connectivity index (χ0) is 10.6. The Hall–Kier alpha value is 0.801. The van der Waals surface area contributed by atoms with E-state index in [1.54, 1.807) is 24.3 Å².